The van der Waals surface area contributed by atoms with E-state index in [4.69, 9.17) is 0 Å². The second kappa shape index (κ2) is 7.14. The summed E-state index contributed by atoms with van der Waals surface area (Å²) in [7, 11) is 0. The van der Waals surface area contributed by atoms with Gasteiger partial charge in [0, 0.05) is 48.8 Å². The van der Waals surface area contributed by atoms with Gasteiger partial charge >= 0.3 is 0 Å². The van der Waals surface area contributed by atoms with Crippen molar-refractivity contribution in [3.05, 3.63) is 59.2 Å². The Bertz CT molecular complexity index is 999. The van der Waals surface area contributed by atoms with Crippen LogP contribution in [0, 0.1) is 5.92 Å². The van der Waals surface area contributed by atoms with E-state index in [9.17, 15) is 14.4 Å². The average molecular weight is 388 g/mol. The third kappa shape index (κ3) is 3.05. The van der Waals surface area contributed by atoms with Gasteiger partial charge in [0.25, 0.3) is 5.91 Å². The fraction of sp³-hybridized carbons (Fsp3) is 0.375. The van der Waals surface area contributed by atoms with Gasteiger partial charge in [-0.1, -0.05) is 30.3 Å². The molecule has 0 spiro atoms. The SMILES string of the molecule is O=C1c2ccccc2-c2ccc(C(=O)N3CCC(C(=O)N4CCCC4)CC3)cc21. The normalized spacial score (nSPS) is 18.7. The lowest BCUT2D eigenvalue weighted by molar-refractivity contribution is -0.135. The molecule has 29 heavy (non-hydrogen) atoms. The van der Waals surface area contributed by atoms with E-state index in [-0.39, 0.29) is 23.5 Å². The topological polar surface area (TPSA) is 57.7 Å². The minimum atomic E-state index is -0.0522. The summed E-state index contributed by atoms with van der Waals surface area (Å²) in [6, 6.07) is 13.0. The van der Waals surface area contributed by atoms with Crippen LogP contribution in [0.2, 0.25) is 0 Å². The van der Waals surface area contributed by atoms with Crippen molar-refractivity contribution in [3.8, 4) is 11.1 Å². The molecule has 2 heterocycles. The summed E-state index contributed by atoms with van der Waals surface area (Å²) in [6.07, 6.45) is 3.64. The predicted octanol–water partition coefficient (Wildman–Crippen LogP) is 3.37. The maximum Gasteiger partial charge on any atom is 0.253 e. The molecule has 2 aromatic rings. The predicted molar refractivity (Wildman–Crippen MR) is 110 cm³/mol. The number of hydrogen-bond acceptors (Lipinski definition) is 3. The molecule has 2 aromatic carbocycles. The van der Waals surface area contributed by atoms with Gasteiger partial charge in [0.1, 0.15) is 0 Å². The van der Waals surface area contributed by atoms with Crippen molar-refractivity contribution < 1.29 is 14.4 Å². The van der Waals surface area contributed by atoms with Crippen molar-refractivity contribution in [1.82, 2.24) is 9.80 Å². The molecular formula is C24H24N2O3. The van der Waals surface area contributed by atoms with Gasteiger partial charge in [0.15, 0.2) is 5.78 Å². The molecule has 5 heteroatoms. The highest BCUT2D eigenvalue weighted by molar-refractivity contribution is 6.22. The Kier molecular flexibility index (Phi) is 4.46. The van der Waals surface area contributed by atoms with Crippen LogP contribution in [0.25, 0.3) is 11.1 Å². The summed E-state index contributed by atoms with van der Waals surface area (Å²) in [5.74, 6) is 0.229. The van der Waals surface area contributed by atoms with Crippen molar-refractivity contribution in [2.45, 2.75) is 25.7 Å². The molecule has 0 N–H and O–H groups in total. The van der Waals surface area contributed by atoms with Crippen LogP contribution in [0.15, 0.2) is 42.5 Å². The van der Waals surface area contributed by atoms with Gasteiger partial charge in [-0.2, -0.15) is 0 Å². The number of carbonyl (C=O) groups is 3. The van der Waals surface area contributed by atoms with Crippen molar-refractivity contribution in [2.24, 2.45) is 5.92 Å². The van der Waals surface area contributed by atoms with E-state index in [1.807, 2.05) is 46.2 Å². The average Bonchev–Trinajstić information content (AvgIpc) is 3.41. The quantitative estimate of drug-likeness (QED) is 0.676. The zero-order chi connectivity index (χ0) is 20.0. The lowest BCUT2D eigenvalue weighted by atomic mass is 9.94. The number of hydrogen-bond donors (Lipinski definition) is 0. The monoisotopic (exact) mass is 388 g/mol. The smallest absolute Gasteiger partial charge is 0.253 e. The maximum absolute atomic E-state index is 13.0. The molecule has 0 radical (unpaired) electrons. The Balaban J connectivity index is 1.29. The molecule has 0 atom stereocenters. The Labute approximate surface area is 170 Å². The molecule has 2 fully saturated rings. The summed E-state index contributed by atoms with van der Waals surface area (Å²) in [4.78, 5) is 42.2. The van der Waals surface area contributed by atoms with Crippen LogP contribution in [0.3, 0.4) is 0 Å². The molecule has 0 saturated carbocycles. The minimum Gasteiger partial charge on any atom is -0.342 e. The van der Waals surface area contributed by atoms with Crippen LogP contribution in [0.4, 0.5) is 0 Å². The molecular weight excluding hydrogens is 364 g/mol. The van der Waals surface area contributed by atoms with Gasteiger partial charge in [-0.05, 0) is 48.9 Å². The van der Waals surface area contributed by atoms with E-state index in [1.165, 1.54) is 0 Å². The van der Waals surface area contributed by atoms with Gasteiger partial charge in [0.2, 0.25) is 5.91 Å². The molecule has 2 saturated heterocycles. The Morgan fingerprint density at radius 3 is 2.14 bits per heavy atom. The van der Waals surface area contributed by atoms with Crippen molar-refractivity contribution >= 4 is 17.6 Å². The highest BCUT2D eigenvalue weighted by Gasteiger charge is 2.32. The standard InChI is InChI=1S/C24H24N2O3/c27-22-20-6-2-1-5-18(20)19-8-7-17(15-21(19)22)24(29)26-13-9-16(10-14-26)23(28)25-11-3-4-12-25/h1-2,5-8,15-16H,3-4,9-14H2. The molecule has 2 amide bonds. The zero-order valence-electron chi connectivity index (χ0n) is 16.4. The molecule has 5 rings (SSSR count). The first-order chi connectivity index (χ1) is 14.1. The number of nitrogens with zero attached hydrogens (tertiary/aromatic N) is 2. The second-order valence-electron chi connectivity index (χ2n) is 8.23. The van der Waals surface area contributed by atoms with E-state index in [0.717, 1.165) is 49.9 Å². The maximum atomic E-state index is 13.0. The van der Waals surface area contributed by atoms with Crippen LogP contribution >= 0.6 is 0 Å². The number of fused-ring (bicyclic) bond motifs is 3. The van der Waals surface area contributed by atoms with Crippen LogP contribution < -0.4 is 0 Å². The minimum absolute atomic E-state index is 0.0137. The van der Waals surface area contributed by atoms with Gasteiger partial charge in [-0.3, -0.25) is 14.4 Å². The van der Waals surface area contributed by atoms with Crippen LogP contribution in [-0.4, -0.2) is 53.6 Å². The number of carbonyl (C=O) groups excluding carboxylic acids is 3. The summed E-state index contributed by atoms with van der Waals surface area (Å²) >= 11 is 0. The Morgan fingerprint density at radius 1 is 0.759 bits per heavy atom. The largest absolute Gasteiger partial charge is 0.342 e. The van der Waals surface area contributed by atoms with Crippen LogP contribution in [-0.2, 0) is 4.79 Å². The second-order valence-corrected chi connectivity index (χ2v) is 8.23. The number of amides is 2. The van der Waals surface area contributed by atoms with Crippen molar-refractivity contribution in [2.75, 3.05) is 26.2 Å². The Morgan fingerprint density at radius 2 is 1.41 bits per heavy atom. The first kappa shape index (κ1) is 18.1. The third-order valence-electron chi connectivity index (χ3n) is 6.52. The summed E-state index contributed by atoms with van der Waals surface area (Å²) in [5, 5.41) is 0. The number of likely N-dealkylation sites (tertiary alicyclic amines) is 2. The molecule has 5 nitrogen and oxygen atoms in total. The van der Waals surface area contributed by atoms with Crippen LogP contribution in [0.5, 0.6) is 0 Å². The van der Waals surface area contributed by atoms with E-state index in [1.54, 1.807) is 6.07 Å². The van der Waals surface area contributed by atoms with Crippen molar-refractivity contribution in [1.29, 1.82) is 0 Å². The molecule has 148 valence electrons. The fourth-order valence-corrected chi connectivity index (χ4v) is 4.87. The van der Waals surface area contributed by atoms with Gasteiger partial charge in [-0.25, -0.2) is 0 Å². The first-order valence-corrected chi connectivity index (χ1v) is 10.5. The fourth-order valence-electron chi connectivity index (χ4n) is 4.87. The van der Waals surface area contributed by atoms with Gasteiger partial charge in [0.05, 0.1) is 0 Å². The Hall–Kier alpha value is -2.95. The van der Waals surface area contributed by atoms with Crippen LogP contribution in [0.1, 0.15) is 52.0 Å². The van der Waals surface area contributed by atoms with E-state index in [0.29, 0.717) is 29.8 Å². The highest BCUT2D eigenvalue weighted by Crippen LogP contribution is 2.37. The molecule has 0 aromatic heterocycles. The van der Waals surface area contributed by atoms with E-state index in [2.05, 4.69) is 0 Å². The van der Waals surface area contributed by atoms with E-state index >= 15 is 0 Å². The molecule has 0 unspecified atom stereocenters. The molecule has 0 bridgehead atoms. The molecule has 3 aliphatic rings. The van der Waals surface area contributed by atoms with Gasteiger partial charge < -0.3 is 9.80 Å². The molecule has 2 aliphatic heterocycles. The van der Waals surface area contributed by atoms with E-state index < -0.39 is 0 Å². The van der Waals surface area contributed by atoms with Crippen molar-refractivity contribution in [3.63, 3.8) is 0 Å². The number of piperidine rings is 1. The third-order valence-corrected chi connectivity index (χ3v) is 6.52. The number of rotatable bonds is 2. The molecule has 1 aliphatic carbocycles. The number of ketones is 1. The lowest BCUT2D eigenvalue weighted by Crippen LogP contribution is -2.43. The lowest BCUT2D eigenvalue weighted by Gasteiger charge is -2.33. The number of benzene rings is 2. The summed E-state index contributed by atoms with van der Waals surface area (Å²) < 4.78 is 0. The highest BCUT2D eigenvalue weighted by atomic mass is 16.2. The summed E-state index contributed by atoms with van der Waals surface area (Å²) in [5.41, 5.74) is 3.70. The first-order valence-electron chi connectivity index (χ1n) is 10.5. The zero-order valence-corrected chi connectivity index (χ0v) is 16.4. The summed E-state index contributed by atoms with van der Waals surface area (Å²) in [6.45, 7) is 2.94. The van der Waals surface area contributed by atoms with Gasteiger partial charge in [-0.15, -0.1) is 0 Å².